The van der Waals surface area contributed by atoms with Gasteiger partial charge in [0.15, 0.2) is 4.83 Å². The van der Waals surface area contributed by atoms with Gasteiger partial charge in [-0.2, -0.15) is 0 Å². The van der Waals surface area contributed by atoms with Crippen LogP contribution in [0.25, 0.3) is 36.9 Å². The number of H-pyrrole nitrogens is 1. The lowest BCUT2D eigenvalue weighted by atomic mass is 9.90. The van der Waals surface area contributed by atoms with E-state index in [0.717, 1.165) is 57.5 Å². The van der Waals surface area contributed by atoms with Gasteiger partial charge in [0.1, 0.15) is 29.6 Å². The number of anilines is 1. The molecule has 1 saturated heterocycles. The van der Waals surface area contributed by atoms with Crippen molar-refractivity contribution in [2.75, 3.05) is 31.2 Å². The van der Waals surface area contributed by atoms with Crippen molar-refractivity contribution >= 4 is 48.4 Å². The number of ether oxygens (including phenoxy) is 2. The summed E-state index contributed by atoms with van der Waals surface area (Å²) in [6, 6.07) is 14.2. The van der Waals surface area contributed by atoms with Crippen molar-refractivity contribution in [3.05, 3.63) is 70.3 Å². The Hall–Kier alpha value is -3.33. The van der Waals surface area contributed by atoms with Crippen LogP contribution in [0.5, 0.6) is 0 Å². The van der Waals surface area contributed by atoms with E-state index in [9.17, 15) is 4.79 Å². The number of aromatic nitrogens is 3. The molecule has 0 bridgehead atoms. The number of morpholine rings is 1. The number of aromatic amines is 1. The number of hydrogen-bond acceptors (Lipinski definition) is 6. The Morgan fingerprint density at radius 3 is 2.72 bits per heavy atom. The van der Waals surface area contributed by atoms with Gasteiger partial charge in [-0.15, -0.1) is 0 Å². The van der Waals surface area contributed by atoms with Crippen LogP contribution in [-0.2, 0) is 22.5 Å². The highest BCUT2D eigenvalue weighted by molar-refractivity contribution is 7.25. The second-order valence-electron chi connectivity index (χ2n) is 10.2. The van der Waals surface area contributed by atoms with Gasteiger partial charge in [0.2, 0.25) is 0 Å². The van der Waals surface area contributed by atoms with Gasteiger partial charge in [0, 0.05) is 11.8 Å². The smallest absolute Gasteiger partial charge is 0.281 e. The first-order valence-corrected chi connectivity index (χ1v) is 13.2. The molecule has 1 N–H and O–H groups in total. The van der Waals surface area contributed by atoms with Crippen LogP contribution in [0.3, 0.4) is 0 Å². The molecule has 5 heterocycles. The van der Waals surface area contributed by atoms with Crippen LogP contribution in [0.4, 0.5) is 5.82 Å². The molecule has 0 radical (unpaired) electrons. The van der Waals surface area contributed by atoms with Gasteiger partial charge in [-0.25, -0.2) is 9.97 Å². The molecule has 0 aliphatic carbocycles. The highest BCUT2D eigenvalue weighted by Crippen LogP contribution is 2.40. The van der Waals surface area contributed by atoms with Crippen LogP contribution in [0.15, 0.2) is 53.6 Å². The number of nitrogens with zero attached hydrogens (tertiary/aromatic N) is 3. The maximum atomic E-state index is 13.9. The zero-order chi connectivity index (χ0) is 24.4. The summed E-state index contributed by atoms with van der Waals surface area (Å²) < 4.78 is 14.2. The first-order chi connectivity index (χ1) is 17.5. The predicted molar refractivity (Wildman–Crippen MR) is 142 cm³/mol. The second kappa shape index (κ2) is 8.09. The molecule has 0 atom stereocenters. The largest absolute Gasteiger partial charge is 0.373 e. The predicted octanol–water partition coefficient (Wildman–Crippen LogP) is 4.26. The van der Waals surface area contributed by atoms with Gasteiger partial charge in [-0.05, 0) is 30.9 Å². The molecule has 7 nitrogen and oxygen atoms in total. The maximum absolute atomic E-state index is 13.9. The van der Waals surface area contributed by atoms with Crippen molar-refractivity contribution < 1.29 is 14.5 Å². The van der Waals surface area contributed by atoms with Crippen LogP contribution < -0.4 is 15.4 Å². The fourth-order valence-electron chi connectivity index (χ4n) is 5.55. The minimum absolute atomic E-state index is 0.0426. The topological polar surface area (TPSA) is 70.7 Å². The summed E-state index contributed by atoms with van der Waals surface area (Å²) in [5.74, 6) is 1.08. The first-order valence-electron chi connectivity index (χ1n) is 12.4. The van der Waals surface area contributed by atoms with Crippen molar-refractivity contribution in [2.45, 2.75) is 32.5 Å². The standard InChI is InChI=1S/C28H26N4O3S/c1-28(2)14-19-20(15-35-28)25(31-10-12-34-13-11-31)30-26-22(19)23-24(36-26)27(33)32(16-29-23)21-9-5-7-17-6-3-4-8-18(17)21/h3-9,16H,10-15H2,1-2H3/p+1. The van der Waals surface area contributed by atoms with Crippen LogP contribution in [-0.4, -0.2) is 41.5 Å². The monoisotopic (exact) mass is 499 g/mol. The Morgan fingerprint density at radius 1 is 1.06 bits per heavy atom. The Bertz CT molecular complexity index is 1710. The Labute approximate surface area is 211 Å². The van der Waals surface area contributed by atoms with Gasteiger partial charge < -0.3 is 9.47 Å². The van der Waals surface area contributed by atoms with E-state index < -0.39 is 0 Å². The number of rotatable bonds is 2. The minimum atomic E-state index is -0.282. The third-order valence-corrected chi connectivity index (χ3v) is 8.43. The highest BCUT2D eigenvalue weighted by Gasteiger charge is 2.36. The van der Waals surface area contributed by atoms with Crippen molar-refractivity contribution in [1.82, 2.24) is 9.55 Å². The van der Waals surface area contributed by atoms with Crippen LogP contribution >= 0.6 is 11.3 Å². The zero-order valence-corrected chi connectivity index (χ0v) is 21.2. The second-order valence-corrected chi connectivity index (χ2v) is 11.2. The van der Waals surface area contributed by atoms with E-state index in [1.807, 2.05) is 30.3 Å². The molecule has 0 unspecified atom stereocenters. The number of pyridine rings is 1. The summed E-state index contributed by atoms with van der Waals surface area (Å²) in [5, 5.41) is 3.18. The van der Waals surface area contributed by atoms with Crippen LogP contribution in [0.2, 0.25) is 0 Å². The van der Waals surface area contributed by atoms with Gasteiger partial charge >= 0.3 is 0 Å². The molecule has 36 heavy (non-hydrogen) atoms. The number of nitrogens with one attached hydrogen (secondary N) is 1. The van der Waals surface area contributed by atoms with Crippen LogP contribution in [0.1, 0.15) is 25.0 Å². The van der Waals surface area contributed by atoms with Crippen molar-refractivity contribution in [3.63, 3.8) is 0 Å². The van der Waals surface area contributed by atoms with E-state index in [4.69, 9.17) is 14.5 Å². The minimum Gasteiger partial charge on any atom is -0.373 e. The summed E-state index contributed by atoms with van der Waals surface area (Å²) in [6.07, 6.45) is 2.45. The molecule has 0 spiro atoms. The fourth-order valence-corrected chi connectivity index (χ4v) is 6.67. The van der Waals surface area contributed by atoms with Gasteiger partial charge in [0.05, 0.1) is 42.1 Å². The average Bonchev–Trinajstić information content (AvgIpc) is 3.28. The van der Waals surface area contributed by atoms with E-state index in [0.29, 0.717) is 24.5 Å². The molecule has 1 fully saturated rings. The molecule has 2 aliphatic rings. The molecule has 182 valence electrons. The van der Waals surface area contributed by atoms with E-state index in [1.165, 1.54) is 22.5 Å². The lowest BCUT2D eigenvalue weighted by Gasteiger charge is -2.33. The molecule has 7 rings (SSSR count). The summed E-state index contributed by atoms with van der Waals surface area (Å²) in [5.41, 5.74) is 3.70. The van der Waals surface area contributed by atoms with Gasteiger partial charge in [-0.1, -0.05) is 47.7 Å². The SMILES string of the molecule is CC1(C)Cc2c(c(N3CCOCC3)[nH+]c3sc4c(=O)n(-c5cccc6ccccc56)cnc4c23)CO1. The van der Waals surface area contributed by atoms with Crippen molar-refractivity contribution in [3.8, 4) is 5.69 Å². The Balaban J connectivity index is 1.49. The number of hydrogen-bond donors (Lipinski definition) is 0. The summed E-state index contributed by atoms with van der Waals surface area (Å²) >= 11 is 1.50. The van der Waals surface area contributed by atoms with Crippen molar-refractivity contribution in [2.24, 2.45) is 0 Å². The van der Waals surface area contributed by atoms with Crippen LogP contribution in [0, 0.1) is 0 Å². The zero-order valence-electron chi connectivity index (χ0n) is 20.3. The highest BCUT2D eigenvalue weighted by atomic mass is 32.1. The van der Waals surface area contributed by atoms with E-state index in [1.54, 1.807) is 10.9 Å². The van der Waals surface area contributed by atoms with Crippen molar-refractivity contribution in [1.29, 1.82) is 0 Å². The Morgan fingerprint density at radius 2 is 1.86 bits per heavy atom. The fraction of sp³-hybridized carbons (Fsp3) is 0.321. The molecule has 8 heteroatoms. The number of thiophene rings is 1. The molecule has 0 amide bonds. The summed E-state index contributed by atoms with van der Waals surface area (Å²) in [6.45, 7) is 7.85. The lowest BCUT2D eigenvalue weighted by molar-refractivity contribution is -0.329. The maximum Gasteiger partial charge on any atom is 0.281 e. The third kappa shape index (κ3) is 3.36. The summed E-state index contributed by atoms with van der Waals surface area (Å²) in [4.78, 5) is 25.8. The molecular weight excluding hydrogens is 472 g/mol. The molecular formula is C28H27N4O3S+. The molecule has 2 aromatic carbocycles. The molecule has 5 aromatic rings. The molecule has 2 aliphatic heterocycles. The molecule has 0 saturated carbocycles. The van der Waals surface area contributed by atoms with E-state index >= 15 is 0 Å². The van der Waals surface area contributed by atoms with E-state index in [-0.39, 0.29) is 11.2 Å². The molecule has 3 aromatic heterocycles. The average molecular weight is 500 g/mol. The quantitative estimate of drug-likeness (QED) is 0.363. The van der Waals surface area contributed by atoms with Gasteiger partial charge in [0.25, 0.3) is 11.4 Å². The van der Waals surface area contributed by atoms with Gasteiger partial charge in [-0.3, -0.25) is 14.3 Å². The lowest BCUT2D eigenvalue weighted by Crippen LogP contribution is -2.42. The summed E-state index contributed by atoms with van der Waals surface area (Å²) in [7, 11) is 0. The Kier molecular flexibility index (Phi) is 4.93. The number of fused-ring (bicyclic) bond motifs is 6. The van der Waals surface area contributed by atoms with E-state index in [2.05, 4.69) is 35.9 Å². The number of benzene rings is 2. The first kappa shape index (κ1) is 21.9. The normalized spacial score (nSPS) is 17.7. The third-order valence-electron chi connectivity index (χ3n) is 7.35.